The summed E-state index contributed by atoms with van der Waals surface area (Å²) in [5.74, 6) is -1.55. The van der Waals surface area contributed by atoms with Gasteiger partial charge in [-0.25, -0.2) is 17.5 Å². The predicted molar refractivity (Wildman–Crippen MR) is 108 cm³/mol. The van der Waals surface area contributed by atoms with Crippen molar-refractivity contribution in [2.75, 3.05) is 12.9 Å². The summed E-state index contributed by atoms with van der Waals surface area (Å²) in [5, 5.41) is 4.01. The molecule has 0 amide bonds. The largest absolute Gasteiger partial charge is 0.465 e. The fraction of sp³-hybridized carbons (Fsp3) is 0.238. The van der Waals surface area contributed by atoms with Crippen molar-refractivity contribution in [3.63, 3.8) is 0 Å². The van der Waals surface area contributed by atoms with Gasteiger partial charge in [0.05, 0.1) is 11.5 Å². The summed E-state index contributed by atoms with van der Waals surface area (Å²) < 4.78 is 84.4. The molecule has 170 valence electrons. The van der Waals surface area contributed by atoms with E-state index in [2.05, 4.69) is 5.10 Å². The van der Waals surface area contributed by atoms with Crippen LogP contribution in [0.1, 0.15) is 12.6 Å². The summed E-state index contributed by atoms with van der Waals surface area (Å²) in [6, 6.07) is 9.49. The molecule has 3 rings (SSSR count). The zero-order valence-corrected chi connectivity index (χ0v) is 17.8. The van der Waals surface area contributed by atoms with Crippen LogP contribution in [0.15, 0.2) is 53.4 Å². The van der Waals surface area contributed by atoms with E-state index in [1.807, 2.05) is 0 Å². The number of sulfone groups is 1. The molecule has 0 aliphatic rings. The lowest BCUT2D eigenvalue weighted by molar-refractivity contribution is -0.149. The smallest absolute Gasteiger partial charge is 0.433 e. The second-order valence-electron chi connectivity index (χ2n) is 6.84. The van der Waals surface area contributed by atoms with Gasteiger partial charge in [0.2, 0.25) is 0 Å². The number of carbonyl (C=O) groups excluding carboxylic acids is 1. The quantitative estimate of drug-likeness (QED) is 0.396. The molecule has 0 spiro atoms. The average molecular weight is 470 g/mol. The fourth-order valence-electron chi connectivity index (χ4n) is 3.15. The van der Waals surface area contributed by atoms with Gasteiger partial charge in [-0.15, -0.1) is 0 Å². The van der Waals surface area contributed by atoms with Gasteiger partial charge in [-0.05, 0) is 36.8 Å². The van der Waals surface area contributed by atoms with Crippen molar-refractivity contribution in [1.29, 1.82) is 0 Å². The predicted octanol–water partition coefficient (Wildman–Crippen LogP) is 4.34. The number of hydrogen-bond acceptors (Lipinski definition) is 5. The molecule has 32 heavy (non-hydrogen) atoms. The van der Waals surface area contributed by atoms with E-state index < -0.39 is 40.0 Å². The van der Waals surface area contributed by atoms with Crippen molar-refractivity contribution in [2.24, 2.45) is 0 Å². The van der Waals surface area contributed by atoms with Gasteiger partial charge in [0.25, 0.3) is 0 Å². The Morgan fingerprint density at radius 2 is 1.59 bits per heavy atom. The molecule has 11 heteroatoms. The van der Waals surface area contributed by atoms with Crippen molar-refractivity contribution in [3.8, 4) is 22.4 Å². The molecule has 0 N–H and O–H groups in total. The standard InChI is InChI=1S/C21H18F4N2O4S/c1-3-31-17(28)12-27-20(21(23,24)25)18(13-4-8-15(22)9-5-13)19(26-27)14-6-10-16(11-7-14)32(2,29)30/h4-11H,3,12H2,1-2H3. The summed E-state index contributed by atoms with van der Waals surface area (Å²) in [6.45, 7) is 0.703. The topological polar surface area (TPSA) is 78.3 Å². The number of rotatable bonds is 6. The van der Waals surface area contributed by atoms with E-state index in [1.54, 1.807) is 0 Å². The minimum absolute atomic E-state index is 0.0217. The van der Waals surface area contributed by atoms with E-state index in [1.165, 1.54) is 43.3 Å². The van der Waals surface area contributed by atoms with Crippen LogP contribution in [0.5, 0.6) is 0 Å². The van der Waals surface area contributed by atoms with Crippen LogP contribution in [0.25, 0.3) is 22.4 Å². The normalized spacial score (nSPS) is 12.1. The lowest BCUT2D eigenvalue weighted by Crippen LogP contribution is -2.21. The first-order chi connectivity index (χ1) is 14.9. The second kappa shape index (κ2) is 8.73. The molecular weight excluding hydrogens is 452 g/mol. The van der Waals surface area contributed by atoms with Crippen molar-refractivity contribution in [1.82, 2.24) is 9.78 Å². The van der Waals surface area contributed by atoms with Gasteiger partial charge in [0, 0.05) is 17.4 Å². The van der Waals surface area contributed by atoms with Crippen molar-refractivity contribution in [3.05, 3.63) is 60.0 Å². The molecule has 3 aromatic rings. The Hall–Kier alpha value is -3.21. The molecule has 1 aromatic heterocycles. The average Bonchev–Trinajstić information content (AvgIpc) is 3.07. The van der Waals surface area contributed by atoms with Crippen LogP contribution in [-0.2, 0) is 32.1 Å². The number of ether oxygens (including phenoxy) is 1. The highest BCUT2D eigenvalue weighted by molar-refractivity contribution is 7.90. The number of hydrogen-bond donors (Lipinski definition) is 0. The zero-order chi connectivity index (χ0) is 23.7. The maximum Gasteiger partial charge on any atom is 0.433 e. The third-order valence-electron chi connectivity index (χ3n) is 4.49. The molecule has 0 fully saturated rings. The number of carbonyl (C=O) groups is 1. The number of esters is 1. The van der Waals surface area contributed by atoms with Crippen molar-refractivity contribution in [2.45, 2.75) is 24.5 Å². The van der Waals surface area contributed by atoms with Crippen molar-refractivity contribution < 1.29 is 35.5 Å². The van der Waals surface area contributed by atoms with Crippen LogP contribution >= 0.6 is 0 Å². The number of aromatic nitrogens is 2. The minimum atomic E-state index is -4.91. The van der Waals surface area contributed by atoms with Gasteiger partial charge >= 0.3 is 12.1 Å². The lowest BCUT2D eigenvalue weighted by Gasteiger charge is -2.13. The van der Waals surface area contributed by atoms with E-state index >= 15 is 0 Å². The van der Waals surface area contributed by atoms with Crippen LogP contribution in [0.3, 0.4) is 0 Å². The van der Waals surface area contributed by atoms with Gasteiger partial charge in [-0.3, -0.25) is 4.79 Å². The van der Waals surface area contributed by atoms with Gasteiger partial charge in [-0.1, -0.05) is 24.3 Å². The number of benzene rings is 2. The minimum Gasteiger partial charge on any atom is -0.465 e. The van der Waals surface area contributed by atoms with Crippen LogP contribution in [-0.4, -0.2) is 37.0 Å². The third kappa shape index (κ3) is 4.98. The molecule has 2 aromatic carbocycles. The molecule has 0 saturated carbocycles. The van der Waals surface area contributed by atoms with E-state index in [0.29, 0.717) is 4.68 Å². The summed E-state index contributed by atoms with van der Waals surface area (Å²) >= 11 is 0. The highest BCUT2D eigenvalue weighted by atomic mass is 32.2. The highest BCUT2D eigenvalue weighted by Crippen LogP contribution is 2.42. The van der Waals surface area contributed by atoms with E-state index in [0.717, 1.165) is 18.4 Å². The van der Waals surface area contributed by atoms with E-state index in [-0.39, 0.29) is 33.9 Å². The van der Waals surface area contributed by atoms with Crippen molar-refractivity contribution >= 4 is 15.8 Å². The summed E-state index contributed by atoms with van der Waals surface area (Å²) in [6.07, 6.45) is -3.91. The number of alkyl halides is 3. The molecule has 0 unspecified atom stereocenters. The molecule has 0 atom stereocenters. The summed E-state index contributed by atoms with van der Waals surface area (Å²) in [7, 11) is -3.53. The first kappa shape index (κ1) is 23.5. The fourth-order valence-corrected chi connectivity index (χ4v) is 3.78. The molecule has 6 nitrogen and oxygen atoms in total. The Bertz CT molecular complexity index is 1230. The molecular formula is C21H18F4N2O4S. The first-order valence-corrected chi connectivity index (χ1v) is 11.2. The summed E-state index contributed by atoms with van der Waals surface area (Å²) in [4.78, 5) is 11.9. The molecule has 0 aliphatic heterocycles. The Morgan fingerprint density at radius 3 is 2.09 bits per heavy atom. The SMILES string of the molecule is CCOC(=O)Cn1nc(-c2ccc(S(C)(=O)=O)cc2)c(-c2ccc(F)cc2)c1C(F)(F)F. The van der Waals surface area contributed by atoms with Crippen LogP contribution < -0.4 is 0 Å². The molecule has 1 heterocycles. The van der Waals surface area contributed by atoms with Gasteiger partial charge in [0.1, 0.15) is 18.1 Å². The molecule has 0 radical (unpaired) electrons. The Morgan fingerprint density at radius 1 is 1.03 bits per heavy atom. The Labute approximate surface area is 181 Å². The molecule has 0 saturated heterocycles. The van der Waals surface area contributed by atoms with Crippen LogP contribution in [0, 0.1) is 5.82 Å². The van der Waals surface area contributed by atoms with Gasteiger partial charge in [0.15, 0.2) is 15.5 Å². The number of halogens is 4. The van der Waals surface area contributed by atoms with Crippen LogP contribution in [0.4, 0.5) is 17.6 Å². The maximum atomic E-state index is 14.1. The second-order valence-corrected chi connectivity index (χ2v) is 8.85. The molecule has 0 bridgehead atoms. The molecule has 0 aliphatic carbocycles. The first-order valence-electron chi connectivity index (χ1n) is 9.32. The van der Waals surface area contributed by atoms with E-state index in [9.17, 15) is 30.8 Å². The maximum absolute atomic E-state index is 14.1. The van der Waals surface area contributed by atoms with Gasteiger partial charge in [-0.2, -0.15) is 18.3 Å². The lowest BCUT2D eigenvalue weighted by atomic mass is 9.98. The third-order valence-corrected chi connectivity index (χ3v) is 5.62. The Kier molecular flexibility index (Phi) is 6.40. The monoisotopic (exact) mass is 470 g/mol. The summed E-state index contributed by atoms with van der Waals surface area (Å²) in [5.41, 5.74) is -1.51. The van der Waals surface area contributed by atoms with Crippen LogP contribution in [0.2, 0.25) is 0 Å². The van der Waals surface area contributed by atoms with Gasteiger partial charge < -0.3 is 4.74 Å². The van der Waals surface area contributed by atoms with E-state index in [4.69, 9.17) is 4.74 Å². The zero-order valence-electron chi connectivity index (χ0n) is 17.0. The number of nitrogens with zero attached hydrogens (tertiary/aromatic N) is 2. The Balaban J connectivity index is 2.28. The highest BCUT2D eigenvalue weighted by Gasteiger charge is 2.41.